The predicted molar refractivity (Wildman–Crippen MR) is 61.1 cm³/mol. The molecule has 1 aromatic rings. The molecule has 0 saturated heterocycles. The van der Waals surface area contributed by atoms with E-state index in [1.54, 1.807) is 6.07 Å². The lowest BCUT2D eigenvalue weighted by atomic mass is 9.86. The Bertz CT molecular complexity index is 324. The van der Waals surface area contributed by atoms with E-state index in [0.29, 0.717) is 5.75 Å². The first-order valence-corrected chi connectivity index (χ1v) is 4.82. The normalized spacial score (nSPS) is 11.5. The predicted octanol–water partition coefficient (Wildman–Crippen LogP) is 2.76. The molecule has 2 heteroatoms. The largest absolute Gasteiger partial charge is 0.508 e. The van der Waals surface area contributed by atoms with Gasteiger partial charge in [-0.1, -0.05) is 20.8 Å². The number of anilines is 1. The van der Waals surface area contributed by atoms with Crippen molar-refractivity contribution in [2.75, 3.05) is 19.0 Å². The molecule has 0 aliphatic heterocycles. The summed E-state index contributed by atoms with van der Waals surface area (Å²) in [7, 11) is 3.95. The molecule has 1 rings (SSSR count). The molecule has 0 heterocycles. The van der Waals surface area contributed by atoms with Gasteiger partial charge in [0.25, 0.3) is 0 Å². The van der Waals surface area contributed by atoms with E-state index in [4.69, 9.17) is 0 Å². The fourth-order valence-electron chi connectivity index (χ4n) is 1.29. The molecule has 2 nitrogen and oxygen atoms in total. The number of aromatic hydroxyl groups is 1. The summed E-state index contributed by atoms with van der Waals surface area (Å²) in [6.07, 6.45) is 0. The van der Waals surface area contributed by atoms with Gasteiger partial charge in [-0.3, -0.25) is 0 Å². The quantitative estimate of drug-likeness (QED) is 0.741. The second-order valence-corrected chi connectivity index (χ2v) is 4.88. The standard InChI is InChI=1S/C12H19NO/c1-12(2,3)9-6-10(13(4)5)8-11(14)7-9/h6-8,14H,1-5H3. The van der Waals surface area contributed by atoms with Crippen LogP contribution < -0.4 is 4.90 Å². The van der Waals surface area contributed by atoms with Gasteiger partial charge in [0.2, 0.25) is 0 Å². The van der Waals surface area contributed by atoms with Crippen LogP contribution in [0.4, 0.5) is 5.69 Å². The van der Waals surface area contributed by atoms with E-state index in [0.717, 1.165) is 11.3 Å². The summed E-state index contributed by atoms with van der Waals surface area (Å²) >= 11 is 0. The Morgan fingerprint density at radius 2 is 1.64 bits per heavy atom. The molecule has 1 N–H and O–H groups in total. The first-order chi connectivity index (χ1) is 6.30. The van der Waals surface area contributed by atoms with E-state index in [1.165, 1.54) is 0 Å². The van der Waals surface area contributed by atoms with Gasteiger partial charge in [-0.05, 0) is 23.1 Å². The third-order valence-electron chi connectivity index (χ3n) is 2.28. The van der Waals surface area contributed by atoms with E-state index in [2.05, 4.69) is 26.8 Å². The number of hydrogen-bond donors (Lipinski definition) is 1. The molecule has 0 radical (unpaired) electrons. The molecule has 0 atom stereocenters. The number of phenols is 1. The Balaban J connectivity index is 3.21. The maximum atomic E-state index is 9.58. The zero-order valence-corrected chi connectivity index (χ0v) is 9.63. The van der Waals surface area contributed by atoms with Crippen LogP contribution in [-0.2, 0) is 5.41 Å². The zero-order chi connectivity index (χ0) is 10.9. The second kappa shape index (κ2) is 3.52. The number of nitrogens with zero attached hydrogens (tertiary/aromatic N) is 1. The number of benzene rings is 1. The monoisotopic (exact) mass is 193 g/mol. The lowest BCUT2D eigenvalue weighted by Gasteiger charge is -2.22. The Morgan fingerprint density at radius 1 is 1.07 bits per heavy atom. The van der Waals surface area contributed by atoms with E-state index in [-0.39, 0.29) is 5.41 Å². The van der Waals surface area contributed by atoms with Crippen LogP contribution in [0.15, 0.2) is 18.2 Å². The molecule has 0 bridgehead atoms. The second-order valence-electron chi connectivity index (χ2n) is 4.88. The van der Waals surface area contributed by atoms with E-state index >= 15 is 0 Å². The highest BCUT2D eigenvalue weighted by Crippen LogP contribution is 2.29. The summed E-state index contributed by atoms with van der Waals surface area (Å²) in [5.74, 6) is 0.334. The molecular formula is C12H19NO. The van der Waals surface area contributed by atoms with Gasteiger partial charge in [0, 0.05) is 25.8 Å². The smallest absolute Gasteiger partial charge is 0.117 e. The van der Waals surface area contributed by atoms with E-state index < -0.39 is 0 Å². The highest BCUT2D eigenvalue weighted by Gasteiger charge is 2.15. The zero-order valence-electron chi connectivity index (χ0n) is 9.63. The molecular weight excluding hydrogens is 174 g/mol. The van der Waals surface area contributed by atoms with Gasteiger partial charge >= 0.3 is 0 Å². The fourth-order valence-corrected chi connectivity index (χ4v) is 1.29. The fraction of sp³-hybridized carbons (Fsp3) is 0.500. The average molecular weight is 193 g/mol. The van der Waals surface area contributed by atoms with Gasteiger partial charge in [0.1, 0.15) is 5.75 Å². The summed E-state index contributed by atoms with van der Waals surface area (Å²) < 4.78 is 0. The third-order valence-corrected chi connectivity index (χ3v) is 2.28. The number of phenolic OH excluding ortho intramolecular Hbond substituents is 1. The van der Waals surface area contributed by atoms with Gasteiger partial charge in [-0.2, -0.15) is 0 Å². The Kier molecular flexibility index (Phi) is 2.74. The minimum atomic E-state index is 0.0729. The Hall–Kier alpha value is -1.18. The van der Waals surface area contributed by atoms with Gasteiger partial charge in [-0.25, -0.2) is 0 Å². The number of hydrogen-bond acceptors (Lipinski definition) is 2. The van der Waals surface area contributed by atoms with E-state index in [9.17, 15) is 5.11 Å². The first-order valence-electron chi connectivity index (χ1n) is 4.82. The SMILES string of the molecule is CN(C)c1cc(O)cc(C(C)(C)C)c1. The van der Waals surface area contributed by atoms with Crippen molar-refractivity contribution in [2.24, 2.45) is 0 Å². The summed E-state index contributed by atoms with van der Waals surface area (Å²) in [4.78, 5) is 2.00. The summed E-state index contributed by atoms with van der Waals surface area (Å²) in [6, 6.07) is 5.71. The van der Waals surface area contributed by atoms with Gasteiger partial charge < -0.3 is 10.0 Å². The molecule has 0 fully saturated rings. The molecule has 0 amide bonds. The van der Waals surface area contributed by atoms with Crippen LogP contribution >= 0.6 is 0 Å². The van der Waals surface area contributed by atoms with Crippen LogP contribution in [0.2, 0.25) is 0 Å². The molecule has 0 unspecified atom stereocenters. The minimum Gasteiger partial charge on any atom is -0.508 e. The van der Waals surface area contributed by atoms with Crippen LogP contribution in [0, 0.1) is 0 Å². The third kappa shape index (κ3) is 2.41. The van der Waals surface area contributed by atoms with Crippen LogP contribution in [-0.4, -0.2) is 19.2 Å². The topological polar surface area (TPSA) is 23.5 Å². The van der Waals surface area contributed by atoms with Crippen molar-refractivity contribution in [1.82, 2.24) is 0 Å². The van der Waals surface area contributed by atoms with Crippen molar-refractivity contribution in [1.29, 1.82) is 0 Å². The van der Waals surface area contributed by atoms with Crippen molar-refractivity contribution >= 4 is 5.69 Å². The lowest BCUT2D eigenvalue weighted by molar-refractivity contribution is 0.471. The Morgan fingerprint density at radius 3 is 2.07 bits per heavy atom. The molecule has 0 spiro atoms. The summed E-state index contributed by atoms with van der Waals surface area (Å²) in [6.45, 7) is 6.42. The lowest BCUT2D eigenvalue weighted by Crippen LogP contribution is -2.14. The van der Waals surface area contributed by atoms with Crippen molar-refractivity contribution in [2.45, 2.75) is 26.2 Å². The molecule has 14 heavy (non-hydrogen) atoms. The maximum Gasteiger partial charge on any atom is 0.117 e. The molecule has 0 saturated carbocycles. The van der Waals surface area contributed by atoms with Crippen LogP contribution in [0.5, 0.6) is 5.75 Å². The van der Waals surface area contributed by atoms with Gasteiger partial charge in [0.05, 0.1) is 0 Å². The molecule has 0 aromatic heterocycles. The van der Waals surface area contributed by atoms with Crippen molar-refractivity contribution < 1.29 is 5.11 Å². The van der Waals surface area contributed by atoms with Crippen molar-refractivity contribution in [3.63, 3.8) is 0 Å². The first kappa shape index (κ1) is 10.9. The molecule has 1 aromatic carbocycles. The molecule has 0 aliphatic rings. The minimum absolute atomic E-state index is 0.0729. The van der Waals surface area contributed by atoms with Gasteiger partial charge in [-0.15, -0.1) is 0 Å². The van der Waals surface area contributed by atoms with Crippen LogP contribution in [0.1, 0.15) is 26.3 Å². The highest BCUT2D eigenvalue weighted by molar-refractivity contribution is 5.53. The van der Waals surface area contributed by atoms with Crippen LogP contribution in [0.25, 0.3) is 0 Å². The summed E-state index contributed by atoms with van der Waals surface area (Å²) in [5, 5.41) is 9.58. The van der Waals surface area contributed by atoms with Crippen LogP contribution in [0.3, 0.4) is 0 Å². The van der Waals surface area contributed by atoms with E-state index in [1.807, 2.05) is 25.1 Å². The van der Waals surface area contributed by atoms with Crippen molar-refractivity contribution in [3.05, 3.63) is 23.8 Å². The summed E-state index contributed by atoms with van der Waals surface area (Å²) in [5.41, 5.74) is 2.26. The van der Waals surface area contributed by atoms with Crippen molar-refractivity contribution in [3.8, 4) is 5.75 Å². The maximum absolute atomic E-state index is 9.58. The Labute approximate surface area is 86.2 Å². The molecule has 78 valence electrons. The molecule has 0 aliphatic carbocycles. The average Bonchev–Trinajstić information content (AvgIpc) is 2.01. The highest BCUT2D eigenvalue weighted by atomic mass is 16.3. The number of rotatable bonds is 1. The van der Waals surface area contributed by atoms with Gasteiger partial charge in [0.15, 0.2) is 0 Å².